The van der Waals surface area contributed by atoms with Crippen LogP contribution in [0.3, 0.4) is 0 Å². The molecule has 39 heavy (non-hydrogen) atoms. The fourth-order valence-electron chi connectivity index (χ4n) is 5.19. The maximum atomic E-state index is 13.5. The van der Waals surface area contributed by atoms with Gasteiger partial charge < -0.3 is 29.0 Å². The Morgan fingerprint density at radius 1 is 0.974 bits per heavy atom. The molecule has 2 fully saturated rings. The van der Waals surface area contributed by atoms with Crippen molar-refractivity contribution in [2.24, 2.45) is 0 Å². The summed E-state index contributed by atoms with van der Waals surface area (Å²) in [6.45, 7) is 7.35. The summed E-state index contributed by atoms with van der Waals surface area (Å²) in [7, 11) is 0. The van der Waals surface area contributed by atoms with Crippen molar-refractivity contribution in [2.45, 2.75) is 32.2 Å². The molecule has 0 spiro atoms. The lowest BCUT2D eigenvalue weighted by Gasteiger charge is -2.31. The minimum Gasteiger partial charge on any atom is -0.507 e. The molecule has 3 aliphatic rings. The molecule has 0 radical (unpaired) electrons. The average molecular weight is 537 g/mol. The van der Waals surface area contributed by atoms with Gasteiger partial charge in [0.05, 0.1) is 31.4 Å². The number of ketones is 1. The lowest BCUT2D eigenvalue weighted by atomic mass is 9.95. The van der Waals surface area contributed by atoms with Gasteiger partial charge in [0.2, 0.25) is 0 Å². The Morgan fingerprint density at radius 2 is 1.77 bits per heavy atom. The number of likely N-dealkylation sites (tertiary alicyclic amines) is 1. The van der Waals surface area contributed by atoms with Crippen molar-refractivity contribution >= 4 is 17.4 Å². The van der Waals surface area contributed by atoms with Crippen molar-refractivity contribution in [1.82, 2.24) is 9.80 Å². The largest absolute Gasteiger partial charge is 0.507 e. The number of Topliss-reactive ketones (excluding diaryl/α,β-unsaturated/α-hetero) is 1. The second kappa shape index (κ2) is 12.5. The topological polar surface area (TPSA) is 97.8 Å². The quantitative estimate of drug-likeness (QED) is 0.212. The number of benzene rings is 2. The Morgan fingerprint density at radius 3 is 2.56 bits per heavy atom. The van der Waals surface area contributed by atoms with Crippen LogP contribution in [0.15, 0.2) is 48.0 Å². The molecule has 0 aliphatic carbocycles. The second-order valence-electron chi connectivity index (χ2n) is 9.93. The zero-order chi connectivity index (χ0) is 27.2. The van der Waals surface area contributed by atoms with Crippen molar-refractivity contribution < 1.29 is 33.6 Å². The number of ether oxygens (including phenoxy) is 4. The van der Waals surface area contributed by atoms with E-state index >= 15 is 0 Å². The molecule has 5 rings (SSSR count). The van der Waals surface area contributed by atoms with E-state index in [4.69, 9.17) is 18.9 Å². The van der Waals surface area contributed by atoms with Gasteiger partial charge in [-0.05, 0) is 42.3 Å². The molecule has 208 valence electrons. The Kier molecular flexibility index (Phi) is 8.68. The van der Waals surface area contributed by atoms with Crippen molar-refractivity contribution in [3.8, 4) is 17.2 Å². The minimum atomic E-state index is -0.751. The zero-order valence-electron chi connectivity index (χ0n) is 22.4. The van der Waals surface area contributed by atoms with E-state index in [1.165, 1.54) is 0 Å². The molecule has 1 atom stereocenters. The first-order valence-electron chi connectivity index (χ1n) is 13.8. The van der Waals surface area contributed by atoms with Crippen LogP contribution in [0.2, 0.25) is 0 Å². The summed E-state index contributed by atoms with van der Waals surface area (Å²) in [4.78, 5) is 30.6. The zero-order valence-corrected chi connectivity index (χ0v) is 22.4. The third kappa shape index (κ3) is 6.04. The number of fused-ring (bicyclic) bond motifs is 1. The van der Waals surface area contributed by atoms with Crippen molar-refractivity contribution in [3.63, 3.8) is 0 Å². The second-order valence-corrected chi connectivity index (χ2v) is 9.93. The number of nitrogens with zero attached hydrogens (tertiary/aromatic N) is 2. The van der Waals surface area contributed by atoms with Gasteiger partial charge in [0, 0.05) is 31.7 Å². The van der Waals surface area contributed by atoms with Crippen molar-refractivity contribution in [2.75, 3.05) is 59.2 Å². The Hall–Kier alpha value is -3.56. The number of unbranched alkanes of at least 4 members (excludes halogenated alkanes) is 2. The molecule has 2 aromatic rings. The van der Waals surface area contributed by atoms with Crippen LogP contribution in [0, 0.1) is 0 Å². The highest BCUT2D eigenvalue weighted by Crippen LogP contribution is 2.41. The highest BCUT2D eigenvalue weighted by molar-refractivity contribution is 6.46. The minimum absolute atomic E-state index is 0.0572. The SMILES string of the molecule is CCCCCOc1cccc(C2/C(=C(/O)c3ccc4c(c3)OCCO4)C(=O)C(=O)N2CCN2CCOCC2)c1. The van der Waals surface area contributed by atoms with Gasteiger partial charge >= 0.3 is 0 Å². The van der Waals surface area contributed by atoms with Crippen molar-refractivity contribution in [3.05, 3.63) is 59.2 Å². The molecule has 1 amide bonds. The van der Waals surface area contributed by atoms with Gasteiger partial charge in [-0.15, -0.1) is 0 Å². The Bertz CT molecular complexity index is 1220. The number of aliphatic hydroxyl groups is 1. The van der Waals surface area contributed by atoms with Crippen LogP contribution in [0.25, 0.3) is 5.76 Å². The molecular weight excluding hydrogens is 500 g/mol. The predicted octanol–water partition coefficient (Wildman–Crippen LogP) is 3.78. The molecule has 2 saturated heterocycles. The molecule has 3 heterocycles. The van der Waals surface area contributed by atoms with E-state index in [0.717, 1.165) is 32.4 Å². The smallest absolute Gasteiger partial charge is 0.295 e. The number of aliphatic hydroxyl groups excluding tert-OH is 1. The van der Waals surface area contributed by atoms with Crippen LogP contribution in [-0.2, 0) is 14.3 Å². The Labute approximate surface area is 228 Å². The predicted molar refractivity (Wildman–Crippen MR) is 145 cm³/mol. The van der Waals surface area contributed by atoms with E-state index in [0.29, 0.717) is 74.5 Å². The molecule has 1 unspecified atom stereocenters. The van der Waals surface area contributed by atoms with Gasteiger partial charge in [0.25, 0.3) is 11.7 Å². The molecule has 0 saturated carbocycles. The normalized spacial score (nSPS) is 20.8. The van der Waals surface area contributed by atoms with Gasteiger partial charge in [-0.1, -0.05) is 31.9 Å². The average Bonchev–Trinajstić information content (AvgIpc) is 3.23. The number of hydrogen-bond acceptors (Lipinski definition) is 8. The first-order valence-corrected chi connectivity index (χ1v) is 13.8. The Balaban J connectivity index is 1.49. The number of hydrogen-bond donors (Lipinski definition) is 1. The van der Waals surface area contributed by atoms with Gasteiger partial charge in [0.1, 0.15) is 24.7 Å². The summed E-state index contributed by atoms with van der Waals surface area (Å²) in [5.41, 5.74) is 1.16. The molecule has 3 aliphatic heterocycles. The maximum absolute atomic E-state index is 13.5. The highest BCUT2D eigenvalue weighted by atomic mass is 16.6. The van der Waals surface area contributed by atoms with Crippen LogP contribution < -0.4 is 14.2 Å². The first-order chi connectivity index (χ1) is 19.1. The van der Waals surface area contributed by atoms with Crippen LogP contribution in [0.1, 0.15) is 43.4 Å². The van der Waals surface area contributed by atoms with Crippen molar-refractivity contribution in [1.29, 1.82) is 0 Å². The molecule has 9 nitrogen and oxygen atoms in total. The fourth-order valence-corrected chi connectivity index (χ4v) is 5.19. The lowest BCUT2D eigenvalue weighted by Crippen LogP contribution is -2.42. The molecule has 0 aromatic heterocycles. The summed E-state index contributed by atoms with van der Waals surface area (Å²) in [6.07, 6.45) is 3.13. The van der Waals surface area contributed by atoms with Crippen LogP contribution in [0.5, 0.6) is 17.2 Å². The van der Waals surface area contributed by atoms with Gasteiger partial charge in [-0.25, -0.2) is 0 Å². The van der Waals surface area contributed by atoms with Crippen LogP contribution >= 0.6 is 0 Å². The fraction of sp³-hybridized carbons (Fsp3) is 0.467. The van der Waals surface area contributed by atoms with Gasteiger partial charge in [-0.2, -0.15) is 0 Å². The number of amides is 1. The highest BCUT2D eigenvalue weighted by Gasteiger charge is 2.46. The number of rotatable bonds is 10. The molecule has 1 N–H and O–H groups in total. The van der Waals surface area contributed by atoms with Gasteiger partial charge in [0.15, 0.2) is 11.5 Å². The molecular formula is C30H36N2O7. The van der Waals surface area contributed by atoms with E-state index in [9.17, 15) is 14.7 Å². The summed E-state index contributed by atoms with van der Waals surface area (Å²) in [6, 6.07) is 11.7. The summed E-state index contributed by atoms with van der Waals surface area (Å²) < 4.78 is 22.7. The van der Waals surface area contributed by atoms with E-state index in [1.807, 2.05) is 24.3 Å². The lowest BCUT2D eigenvalue weighted by molar-refractivity contribution is -0.140. The summed E-state index contributed by atoms with van der Waals surface area (Å²) >= 11 is 0. The van der Waals surface area contributed by atoms with Crippen LogP contribution in [-0.4, -0.2) is 85.8 Å². The monoisotopic (exact) mass is 536 g/mol. The first kappa shape index (κ1) is 27.0. The molecule has 0 bridgehead atoms. The maximum Gasteiger partial charge on any atom is 0.295 e. The number of morpholine rings is 1. The van der Waals surface area contributed by atoms with E-state index in [2.05, 4.69) is 11.8 Å². The van der Waals surface area contributed by atoms with E-state index in [-0.39, 0.29) is 11.3 Å². The summed E-state index contributed by atoms with van der Waals surface area (Å²) in [5.74, 6) is 0.171. The third-order valence-electron chi connectivity index (χ3n) is 7.31. The van der Waals surface area contributed by atoms with Crippen LogP contribution in [0.4, 0.5) is 0 Å². The standard InChI is InChI=1S/C30H36N2O7/c1-2-3-4-14-37-23-7-5-6-21(19-23)27-26(28(33)22-8-9-24-25(20-22)39-18-17-38-24)29(34)30(35)32(27)11-10-31-12-15-36-16-13-31/h5-9,19-20,27,33H,2-4,10-18H2,1H3/b28-26-. The number of carbonyl (C=O) groups excluding carboxylic acids is 2. The number of carbonyl (C=O) groups is 2. The third-order valence-corrected chi connectivity index (χ3v) is 7.31. The van der Waals surface area contributed by atoms with E-state index < -0.39 is 17.7 Å². The van der Waals surface area contributed by atoms with E-state index in [1.54, 1.807) is 23.1 Å². The van der Waals surface area contributed by atoms with Gasteiger partial charge in [-0.3, -0.25) is 14.5 Å². The molecule has 2 aromatic carbocycles. The summed E-state index contributed by atoms with van der Waals surface area (Å²) in [5, 5.41) is 11.5. The molecule has 9 heteroatoms.